The van der Waals surface area contributed by atoms with Crippen LogP contribution in [0.5, 0.6) is 0 Å². The Labute approximate surface area is 113 Å². The van der Waals surface area contributed by atoms with E-state index in [9.17, 15) is 4.79 Å². The zero-order valence-electron chi connectivity index (χ0n) is 9.43. The summed E-state index contributed by atoms with van der Waals surface area (Å²) in [5.41, 5.74) is 1.59. The molecule has 1 aliphatic rings. The van der Waals surface area contributed by atoms with Crippen molar-refractivity contribution in [1.29, 1.82) is 0 Å². The summed E-state index contributed by atoms with van der Waals surface area (Å²) in [4.78, 5) is 20.7. The molecule has 0 fully saturated rings. The van der Waals surface area contributed by atoms with Gasteiger partial charge in [0.25, 0.3) is 0 Å². The Kier molecular flexibility index (Phi) is 2.83. The van der Waals surface area contributed by atoms with Crippen molar-refractivity contribution in [3.05, 3.63) is 52.4 Å². The minimum absolute atomic E-state index is 0.0780. The number of Topliss-reactive ketones (excluding diaryl/α,β-unsaturated/α-hetero) is 1. The second-order valence-electron chi connectivity index (χ2n) is 4.11. The molecule has 3 rings (SSSR count). The van der Waals surface area contributed by atoms with E-state index >= 15 is 0 Å². The minimum atomic E-state index is -0.170. The molecule has 0 bridgehead atoms. The smallest absolute Gasteiger partial charge is 0.173 e. The Bertz CT molecular complexity index is 597. The van der Waals surface area contributed by atoms with Crippen molar-refractivity contribution in [1.82, 2.24) is 9.97 Å². The summed E-state index contributed by atoms with van der Waals surface area (Å²) in [5, 5.41) is 3.15. The summed E-state index contributed by atoms with van der Waals surface area (Å²) >= 11 is 3.26. The zero-order valence-corrected chi connectivity index (χ0v) is 11.0. The molecule has 0 spiro atoms. The van der Waals surface area contributed by atoms with Crippen LogP contribution in [0.4, 0.5) is 5.82 Å². The number of hydrogen-bond donors (Lipinski definition) is 1. The number of fused-ring (bicyclic) bond motifs is 1. The first-order valence-corrected chi connectivity index (χ1v) is 6.39. The van der Waals surface area contributed by atoms with Crippen molar-refractivity contribution in [2.45, 2.75) is 5.92 Å². The number of ketones is 1. The van der Waals surface area contributed by atoms with E-state index in [2.05, 4.69) is 31.2 Å². The summed E-state index contributed by atoms with van der Waals surface area (Å²) in [6.07, 6.45) is 3.32. The summed E-state index contributed by atoms with van der Waals surface area (Å²) in [7, 11) is 0. The van der Waals surface area contributed by atoms with Gasteiger partial charge in [0.05, 0.1) is 5.92 Å². The molecule has 1 aliphatic heterocycles. The van der Waals surface area contributed by atoms with Gasteiger partial charge >= 0.3 is 0 Å². The van der Waals surface area contributed by atoms with Crippen LogP contribution in [0.2, 0.25) is 0 Å². The number of anilines is 1. The maximum absolute atomic E-state index is 12.4. The topological polar surface area (TPSA) is 54.9 Å². The van der Waals surface area contributed by atoms with Crippen molar-refractivity contribution in [3.63, 3.8) is 0 Å². The molecule has 18 heavy (non-hydrogen) atoms. The first-order valence-electron chi connectivity index (χ1n) is 5.60. The highest BCUT2D eigenvalue weighted by Crippen LogP contribution is 2.31. The fraction of sp³-hybridized carbons (Fsp3) is 0.154. The average molecular weight is 304 g/mol. The van der Waals surface area contributed by atoms with E-state index in [1.54, 1.807) is 24.5 Å². The number of carbonyl (C=O) groups excluding carboxylic acids is 1. The van der Waals surface area contributed by atoms with Crippen LogP contribution < -0.4 is 5.32 Å². The maximum atomic E-state index is 12.4. The molecule has 2 aromatic heterocycles. The number of hydrogen-bond acceptors (Lipinski definition) is 4. The van der Waals surface area contributed by atoms with Crippen LogP contribution in [0.3, 0.4) is 0 Å². The number of nitrogens with zero attached hydrogens (tertiary/aromatic N) is 2. The average Bonchev–Trinajstić information content (AvgIpc) is 2.82. The van der Waals surface area contributed by atoms with Gasteiger partial charge in [-0.15, -0.1) is 0 Å². The number of pyridine rings is 2. The van der Waals surface area contributed by atoms with E-state index in [0.717, 1.165) is 16.0 Å². The van der Waals surface area contributed by atoms with Crippen molar-refractivity contribution in [3.8, 4) is 0 Å². The van der Waals surface area contributed by atoms with Gasteiger partial charge in [-0.2, -0.15) is 0 Å². The van der Waals surface area contributed by atoms with Gasteiger partial charge in [0.1, 0.15) is 10.4 Å². The molecule has 2 aromatic rings. The van der Waals surface area contributed by atoms with E-state index in [4.69, 9.17) is 0 Å². The SMILES string of the molecule is O=C(c1ccc(Br)nc1)C1CNc2ncccc21. The molecule has 1 unspecified atom stereocenters. The summed E-state index contributed by atoms with van der Waals surface area (Å²) in [6, 6.07) is 7.36. The quantitative estimate of drug-likeness (QED) is 0.684. The number of aromatic nitrogens is 2. The normalized spacial score (nSPS) is 17.1. The molecule has 1 atom stereocenters. The standard InChI is InChI=1S/C13H10BrN3O/c14-11-4-3-8(6-16-11)12(18)10-7-17-13-9(10)2-1-5-15-13/h1-6,10H,7H2,(H,15,17). The number of nitrogens with one attached hydrogen (secondary N) is 1. The highest BCUT2D eigenvalue weighted by Gasteiger charge is 2.29. The Hall–Kier alpha value is -1.75. The number of carbonyl (C=O) groups is 1. The van der Waals surface area contributed by atoms with Crippen LogP contribution >= 0.6 is 15.9 Å². The van der Waals surface area contributed by atoms with Crippen LogP contribution in [0.15, 0.2) is 41.3 Å². The van der Waals surface area contributed by atoms with E-state index in [-0.39, 0.29) is 11.7 Å². The van der Waals surface area contributed by atoms with Gasteiger partial charge in [-0.1, -0.05) is 6.07 Å². The van der Waals surface area contributed by atoms with Gasteiger partial charge in [-0.25, -0.2) is 9.97 Å². The molecule has 1 N–H and O–H groups in total. The highest BCUT2D eigenvalue weighted by atomic mass is 79.9. The molecule has 0 amide bonds. The van der Waals surface area contributed by atoms with Crippen LogP contribution in [0.25, 0.3) is 0 Å². The Morgan fingerprint density at radius 2 is 2.22 bits per heavy atom. The first-order chi connectivity index (χ1) is 8.75. The second kappa shape index (κ2) is 4.49. The lowest BCUT2D eigenvalue weighted by atomic mass is 9.94. The largest absolute Gasteiger partial charge is 0.369 e. The predicted molar refractivity (Wildman–Crippen MR) is 71.7 cm³/mol. The lowest BCUT2D eigenvalue weighted by molar-refractivity contribution is 0.0966. The maximum Gasteiger partial charge on any atom is 0.173 e. The molecule has 4 nitrogen and oxygen atoms in total. The third kappa shape index (κ3) is 1.90. The van der Waals surface area contributed by atoms with Gasteiger partial charge in [0.15, 0.2) is 5.78 Å². The third-order valence-electron chi connectivity index (χ3n) is 3.02. The molecule has 0 saturated heterocycles. The van der Waals surface area contributed by atoms with Crippen LogP contribution in [0, 0.1) is 0 Å². The van der Waals surface area contributed by atoms with Crippen molar-refractivity contribution < 1.29 is 4.79 Å². The Morgan fingerprint density at radius 3 is 3.00 bits per heavy atom. The lowest BCUT2D eigenvalue weighted by Gasteiger charge is -2.08. The van der Waals surface area contributed by atoms with Crippen LogP contribution in [-0.4, -0.2) is 22.3 Å². The van der Waals surface area contributed by atoms with Crippen LogP contribution in [0.1, 0.15) is 21.8 Å². The zero-order chi connectivity index (χ0) is 12.5. The minimum Gasteiger partial charge on any atom is -0.369 e. The van der Waals surface area contributed by atoms with Crippen molar-refractivity contribution in [2.24, 2.45) is 0 Å². The number of halogens is 1. The van der Waals surface area contributed by atoms with Gasteiger partial charge < -0.3 is 5.32 Å². The second-order valence-corrected chi connectivity index (χ2v) is 4.92. The Balaban J connectivity index is 1.93. The van der Waals surface area contributed by atoms with Gasteiger partial charge in [-0.05, 0) is 34.1 Å². The molecular weight excluding hydrogens is 294 g/mol. The molecule has 90 valence electrons. The molecule has 0 aromatic carbocycles. The monoisotopic (exact) mass is 303 g/mol. The van der Waals surface area contributed by atoms with Gasteiger partial charge in [0, 0.05) is 30.1 Å². The van der Waals surface area contributed by atoms with Gasteiger partial charge in [-0.3, -0.25) is 4.79 Å². The van der Waals surface area contributed by atoms with Crippen molar-refractivity contribution >= 4 is 27.5 Å². The summed E-state index contributed by atoms with van der Waals surface area (Å²) in [6.45, 7) is 0.598. The molecule has 3 heterocycles. The van der Waals surface area contributed by atoms with E-state index in [0.29, 0.717) is 12.1 Å². The fourth-order valence-corrected chi connectivity index (χ4v) is 2.35. The third-order valence-corrected chi connectivity index (χ3v) is 3.49. The first kappa shape index (κ1) is 11.3. The number of rotatable bonds is 2. The predicted octanol–water partition coefficient (Wildman–Crippen LogP) is 2.63. The lowest BCUT2D eigenvalue weighted by Crippen LogP contribution is -2.15. The molecular formula is C13H10BrN3O. The molecule has 5 heteroatoms. The summed E-state index contributed by atoms with van der Waals surface area (Å²) in [5.74, 6) is 0.715. The molecule has 0 radical (unpaired) electrons. The Morgan fingerprint density at radius 1 is 1.33 bits per heavy atom. The van der Waals surface area contributed by atoms with Crippen molar-refractivity contribution in [2.75, 3.05) is 11.9 Å². The van der Waals surface area contributed by atoms with Gasteiger partial charge in [0.2, 0.25) is 0 Å². The van der Waals surface area contributed by atoms with E-state index in [1.165, 1.54) is 0 Å². The van der Waals surface area contributed by atoms with E-state index < -0.39 is 0 Å². The van der Waals surface area contributed by atoms with Crippen LogP contribution in [-0.2, 0) is 0 Å². The molecule has 0 saturated carbocycles. The molecule has 0 aliphatic carbocycles. The highest BCUT2D eigenvalue weighted by molar-refractivity contribution is 9.10. The van der Waals surface area contributed by atoms with E-state index in [1.807, 2.05) is 12.1 Å². The fourth-order valence-electron chi connectivity index (χ4n) is 2.11. The summed E-state index contributed by atoms with van der Waals surface area (Å²) < 4.78 is 0.727.